The monoisotopic (exact) mass is 238 g/mol. The largest absolute Gasteiger partial charge is 0.504 e. The first-order valence-corrected chi connectivity index (χ1v) is 5.41. The molecule has 0 aliphatic rings. The summed E-state index contributed by atoms with van der Waals surface area (Å²) >= 11 is 0. The molecule has 0 saturated carbocycles. The molecule has 0 aromatic heterocycles. The summed E-state index contributed by atoms with van der Waals surface area (Å²) in [6.07, 6.45) is 0.169. The third-order valence-corrected chi connectivity index (χ3v) is 3.08. The number of carbonyl (C=O) groups is 1. The van der Waals surface area contributed by atoms with Crippen molar-refractivity contribution in [3.05, 3.63) is 22.8 Å². The van der Waals surface area contributed by atoms with Crippen molar-refractivity contribution >= 4 is 5.97 Å². The Kier molecular flexibility index (Phi) is 3.36. The third-order valence-electron chi connectivity index (χ3n) is 3.08. The van der Waals surface area contributed by atoms with Gasteiger partial charge in [0.2, 0.25) is 0 Å². The third kappa shape index (κ3) is 2.52. The summed E-state index contributed by atoms with van der Waals surface area (Å²) in [7, 11) is 0. The molecule has 0 fully saturated rings. The van der Waals surface area contributed by atoms with Crippen molar-refractivity contribution in [3.8, 4) is 11.5 Å². The van der Waals surface area contributed by atoms with Crippen molar-refractivity contribution in [1.29, 1.82) is 0 Å². The summed E-state index contributed by atoms with van der Waals surface area (Å²) in [5.41, 5.74) is 0.917. The summed E-state index contributed by atoms with van der Waals surface area (Å²) in [6, 6.07) is 1.72. The van der Waals surface area contributed by atoms with Crippen molar-refractivity contribution in [2.75, 3.05) is 0 Å². The van der Waals surface area contributed by atoms with Gasteiger partial charge in [-0.15, -0.1) is 0 Å². The molecule has 4 nitrogen and oxygen atoms in total. The molecule has 0 heterocycles. The molecule has 0 saturated heterocycles. The van der Waals surface area contributed by atoms with Crippen LogP contribution in [-0.2, 0) is 11.2 Å². The number of phenolic OH excluding ortho intramolecular Hbond substituents is 2. The molecule has 0 amide bonds. The molecule has 0 radical (unpaired) electrons. The summed E-state index contributed by atoms with van der Waals surface area (Å²) in [5, 5.41) is 28.6. The molecule has 4 heteroatoms. The molecular formula is C13H18O4. The van der Waals surface area contributed by atoms with Gasteiger partial charge in [0, 0.05) is 0 Å². The topological polar surface area (TPSA) is 77.8 Å². The zero-order chi connectivity index (χ0) is 13.4. The number of hydrogen-bond acceptors (Lipinski definition) is 3. The van der Waals surface area contributed by atoms with Crippen LogP contribution in [0.25, 0.3) is 0 Å². The molecule has 3 N–H and O–H groups in total. The lowest BCUT2D eigenvalue weighted by atomic mass is 9.84. The second-order valence-corrected chi connectivity index (χ2v) is 5.04. The second kappa shape index (κ2) is 4.28. The van der Waals surface area contributed by atoms with E-state index >= 15 is 0 Å². The van der Waals surface area contributed by atoms with Crippen molar-refractivity contribution < 1.29 is 20.1 Å². The Morgan fingerprint density at radius 1 is 1.24 bits per heavy atom. The molecule has 94 valence electrons. The SMILES string of the molecule is Cc1cc(CC(C)(C)C(=O)O)c(O)c(O)c1C. The first-order valence-electron chi connectivity index (χ1n) is 5.41. The van der Waals surface area contributed by atoms with Gasteiger partial charge in [-0.1, -0.05) is 6.07 Å². The first-order chi connectivity index (χ1) is 7.66. The van der Waals surface area contributed by atoms with Crippen LogP contribution in [0.4, 0.5) is 0 Å². The maximum atomic E-state index is 11.0. The van der Waals surface area contributed by atoms with Crippen LogP contribution in [0, 0.1) is 19.3 Å². The van der Waals surface area contributed by atoms with Gasteiger partial charge in [0.05, 0.1) is 5.41 Å². The Morgan fingerprint density at radius 3 is 2.24 bits per heavy atom. The van der Waals surface area contributed by atoms with E-state index in [0.717, 1.165) is 5.56 Å². The predicted molar refractivity (Wildman–Crippen MR) is 64.4 cm³/mol. The van der Waals surface area contributed by atoms with E-state index in [4.69, 9.17) is 5.11 Å². The minimum Gasteiger partial charge on any atom is -0.504 e. The van der Waals surface area contributed by atoms with Crippen LogP contribution in [0.15, 0.2) is 6.07 Å². The number of aryl methyl sites for hydroxylation is 1. The molecule has 0 aliphatic heterocycles. The fraction of sp³-hybridized carbons (Fsp3) is 0.462. The minimum atomic E-state index is -0.981. The van der Waals surface area contributed by atoms with Crippen LogP contribution in [0.5, 0.6) is 11.5 Å². The van der Waals surface area contributed by atoms with E-state index in [9.17, 15) is 15.0 Å². The number of aromatic hydroxyl groups is 2. The van der Waals surface area contributed by atoms with E-state index in [2.05, 4.69) is 0 Å². The van der Waals surface area contributed by atoms with Crippen LogP contribution in [0.3, 0.4) is 0 Å². The average Bonchev–Trinajstić information content (AvgIpc) is 2.22. The summed E-state index contributed by atoms with van der Waals surface area (Å²) in [6.45, 7) is 6.68. The summed E-state index contributed by atoms with van der Waals surface area (Å²) in [5.74, 6) is -1.32. The van der Waals surface area contributed by atoms with E-state index in [1.807, 2.05) is 6.92 Å². The number of carboxylic acids is 1. The maximum Gasteiger partial charge on any atom is 0.309 e. The smallest absolute Gasteiger partial charge is 0.309 e. The van der Waals surface area contributed by atoms with E-state index in [1.54, 1.807) is 26.8 Å². The highest BCUT2D eigenvalue weighted by Crippen LogP contribution is 2.37. The van der Waals surface area contributed by atoms with Gasteiger partial charge in [-0.2, -0.15) is 0 Å². The Bertz CT molecular complexity index is 461. The van der Waals surface area contributed by atoms with Crippen LogP contribution in [-0.4, -0.2) is 21.3 Å². The van der Waals surface area contributed by atoms with Gasteiger partial charge in [-0.3, -0.25) is 4.79 Å². The molecular weight excluding hydrogens is 220 g/mol. The molecule has 0 unspecified atom stereocenters. The number of benzene rings is 1. The second-order valence-electron chi connectivity index (χ2n) is 5.04. The number of aliphatic carboxylic acids is 1. The number of phenols is 2. The highest BCUT2D eigenvalue weighted by atomic mass is 16.4. The highest BCUT2D eigenvalue weighted by Gasteiger charge is 2.29. The Hall–Kier alpha value is -1.71. The summed E-state index contributed by atoms with van der Waals surface area (Å²) in [4.78, 5) is 11.0. The van der Waals surface area contributed by atoms with Crippen LogP contribution < -0.4 is 0 Å². The van der Waals surface area contributed by atoms with Crippen LogP contribution in [0.1, 0.15) is 30.5 Å². The standard InChI is InChI=1S/C13H18O4/c1-7-5-9(6-13(3,4)12(16)17)11(15)10(14)8(7)2/h5,14-15H,6H2,1-4H3,(H,16,17). The predicted octanol–water partition coefficient (Wildman–Crippen LogP) is 2.37. The van der Waals surface area contributed by atoms with Gasteiger partial charge in [0.15, 0.2) is 11.5 Å². The van der Waals surface area contributed by atoms with Crippen molar-refractivity contribution in [2.45, 2.75) is 34.1 Å². The fourth-order valence-electron chi connectivity index (χ4n) is 1.64. The normalized spacial score (nSPS) is 11.5. The van der Waals surface area contributed by atoms with E-state index in [1.165, 1.54) is 0 Å². The first kappa shape index (κ1) is 13.4. The fourth-order valence-corrected chi connectivity index (χ4v) is 1.64. The number of carboxylic acid groups (broad SMARTS) is 1. The highest BCUT2D eigenvalue weighted by molar-refractivity contribution is 5.74. The van der Waals surface area contributed by atoms with E-state index in [0.29, 0.717) is 11.1 Å². The molecule has 0 bridgehead atoms. The Morgan fingerprint density at radius 2 is 1.76 bits per heavy atom. The molecule has 0 aliphatic carbocycles. The van der Waals surface area contributed by atoms with Crippen molar-refractivity contribution in [2.24, 2.45) is 5.41 Å². The van der Waals surface area contributed by atoms with Gasteiger partial charge in [-0.05, 0) is 50.8 Å². The molecule has 17 heavy (non-hydrogen) atoms. The lowest BCUT2D eigenvalue weighted by Gasteiger charge is -2.21. The number of rotatable bonds is 3. The van der Waals surface area contributed by atoms with Crippen LogP contribution in [0.2, 0.25) is 0 Å². The molecule has 0 spiro atoms. The zero-order valence-corrected chi connectivity index (χ0v) is 10.5. The van der Waals surface area contributed by atoms with Gasteiger partial charge in [-0.25, -0.2) is 0 Å². The van der Waals surface area contributed by atoms with Crippen LogP contribution >= 0.6 is 0 Å². The molecule has 1 aromatic rings. The van der Waals surface area contributed by atoms with Gasteiger partial charge >= 0.3 is 5.97 Å². The quantitative estimate of drug-likeness (QED) is 0.706. The van der Waals surface area contributed by atoms with Crippen molar-refractivity contribution in [1.82, 2.24) is 0 Å². The lowest BCUT2D eigenvalue weighted by molar-refractivity contribution is -0.146. The van der Waals surface area contributed by atoms with E-state index < -0.39 is 11.4 Å². The summed E-state index contributed by atoms with van der Waals surface area (Å²) < 4.78 is 0. The van der Waals surface area contributed by atoms with Gasteiger partial charge < -0.3 is 15.3 Å². The van der Waals surface area contributed by atoms with E-state index in [-0.39, 0.29) is 17.9 Å². The Labute approximate surface area is 101 Å². The molecule has 1 aromatic carbocycles. The maximum absolute atomic E-state index is 11.0. The zero-order valence-electron chi connectivity index (χ0n) is 10.5. The molecule has 1 rings (SSSR count). The van der Waals surface area contributed by atoms with Gasteiger partial charge in [0.25, 0.3) is 0 Å². The molecule has 0 atom stereocenters. The Balaban J connectivity index is 3.21. The van der Waals surface area contributed by atoms with Gasteiger partial charge in [0.1, 0.15) is 0 Å². The average molecular weight is 238 g/mol. The van der Waals surface area contributed by atoms with Crippen molar-refractivity contribution in [3.63, 3.8) is 0 Å². The number of hydrogen-bond donors (Lipinski definition) is 3. The lowest BCUT2D eigenvalue weighted by Crippen LogP contribution is -2.26. The minimum absolute atomic E-state index is 0.166.